The second kappa shape index (κ2) is 7.96. The van der Waals surface area contributed by atoms with E-state index in [1.807, 2.05) is 36.4 Å². The number of anilines is 1. The predicted octanol–water partition coefficient (Wildman–Crippen LogP) is 5.20. The first-order chi connectivity index (χ1) is 13.6. The standard InChI is InChI=1S/C21H16ClN3O2S/c1-27-17-8-9-19-18(12-17)24-21(28-19)25(13-16-7-2-3-10-23-16)20(26)14-5-4-6-15(22)11-14/h2-12H,13H2,1H3. The number of fused-ring (bicyclic) bond motifs is 1. The quantitative estimate of drug-likeness (QED) is 0.454. The van der Waals surface area contributed by atoms with E-state index in [4.69, 9.17) is 16.3 Å². The zero-order chi connectivity index (χ0) is 19.5. The molecule has 28 heavy (non-hydrogen) atoms. The number of amides is 1. The average molecular weight is 410 g/mol. The SMILES string of the molecule is COc1ccc2sc(N(Cc3ccccn3)C(=O)c3cccc(Cl)c3)nc2c1. The fourth-order valence-corrected chi connectivity index (χ4v) is 3.93. The van der Waals surface area contributed by atoms with Gasteiger partial charge >= 0.3 is 0 Å². The summed E-state index contributed by atoms with van der Waals surface area (Å²) in [6, 6.07) is 18.2. The van der Waals surface area contributed by atoms with E-state index in [0.29, 0.717) is 22.3 Å². The first kappa shape index (κ1) is 18.4. The highest BCUT2D eigenvalue weighted by atomic mass is 35.5. The Morgan fingerprint density at radius 1 is 1.14 bits per heavy atom. The third kappa shape index (κ3) is 3.83. The number of carbonyl (C=O) groups is 1. The van der Waals surface area contributed by atoms with Gasteiger partial charge in [0.05, 0.1) is 29.6 Å². The molecule has 2 aromatic carbocycles. The lowest BCUT2D eigenvalue weighted by atomic mass is 10.2. The van der Waals surface area contributed by atoms with Gasteiger partial charge in [-0.25, -0.2) is 4.98 Å². The molecule has 0 bridgehead atoms. The minimum atomic E-state index is -0.181. The lowest BCUT2D eigenvalue weighted by Gasteiger charge is -2.19. The van der Waals surface area contributed by atoms with Crippen molar-refractivity contribution in [2.24, 2.45) is 0 Å². The van der Waals surface area contributed by atoms with Crippen molar-refractivity contribution in [3.05, 3.63) is 83.1 Å². The molecule has 7 heteroatoms. The Morgan fingerprint density at radius 3 is 2.79 bits per heavy atom. The number of aromatic nitrogens is 2. The molecule has 0 unspecified atom stereocenters. The van der Waals surface area contributed by atoms with Crippen LogP contribution < -0.4 is 9.64 Å². The van der Waals surface area contributed by atoms with Crippen LogP contribution in [0.4, 0.5) is 5.13 Å². The van der Waals surface area contributed by atoms with Crippen LogP contribution in [0, 0.1) is 0 Å². The number of ether oxygens (including phenoxy) is 1. The van der Waals surface area contributed by atoms with E-state index in [1.165, 1.54) is 11.3 Å². The van der Waals surface area contributed by atoms with Gasteiger partial charge in [0.1, 0.15) is 5.75 Å². The Balaban J connectivity index is 1.77. The summed E-state index contributed by atoms with van der Waals surface area (Å²) in [5, 5.41) is 1.11. The van der Waals surface area contributed by atoms with Crippen molar-refractivity contribution in [2.75, 3.05) is 12.0 Å². The molecule has 0 aliphatic heterocycles. The Morgan fingerprint density at radius 2 is 2.04 bits per heavy atom. The number of hydrogen-bond acceptors (Lipinski definition) is 5. The van der Waals surface area contributed by atoms with Crippen LogP contribution in [0.15, 0.2) is 66.9 Å². The van der Waals surface area contributed by atoms with Gasteiger partial charge in [0, 0.05) is 22.8 Å². The van der Waals surface area contributed by atoms with Crippen LogP contribution in [0.5, 0.6) is 5.75 Å². The van der Waals surface area contributed by atoms with Crippen LogP contribution in [0.25, 0.3) is 10.2 Å². The van der Waals surface area contributed by atoms with Crippen LogP contribution in [-0.2, 0) is 6.54 Å². The van der Waals surface area contributed by atoms with E-state index in [0.717, 1.165) is 21.7 Å². The second-order valence-electron chi connectivity index (χ2n) is 6.05. The zero-order valence-corrected chi connectivity index (χ0v) is 16.6. The van der Waals surface area contributed by atoms with Gasteiger partial charge in [-0.2, -0.15) is 0 Å². The van der Waals surface area contributed by atoms with E-state index in [2.05, 4.69) is 9.97 Å². The molecule has 0 saturated carbocycles. The molecule has 0 N–H and O–H groups in total. The summed E-state index contributed by atoms with van der Waals surface area (Å²) in [6.07, 6.45) is 1.71. The molecule has 2 heterocycles. The number of methoxy groups -OCH3 is 1. The maximum Gasteiger partial charge on any atom is 0.260 e. The molecule has 140 valence electrons. The molecule has 1 amide bonds. The van der Waals surface area contributed by atoms with Gasteiger partial charge in [-0.3, -0.25) is 14.7 Å². The molecule has 4 aromatic rings. The second-order valence-corrected chi connectivity index (χ2v) is 7.50. The largest absolute Gasteiger partial charge is 0.497 e. The number of pyridine rings is 1. The Kier molecular flexibility index (Phi) is 5.23. The molecule has 5 nitrogen and oxygen atoms in total. The third-order valence-corrected chi connectivity index (χ3v) is 5.47. The Labute approximate surface area is 171 Å². The Hall–Kier alpha value is -2.96. The molecule has 0 fully saturated rings. The van der Waals surface area contributed by atoms with Crippen LogP contribution in [0.3, 0.4) is 0 Å². The number of hydrogen-bond donors (Lipinski definition) is 0. The number of carbonyl (C=O) groups excluding carboxylic acids is 1. The van der Waals surface area contributed by atoms with E-state index in [9.17, 15) is 4.79 Å². The van der Waals surface area contributed by atoms with E-state index >= 15 is 0 Å². The molecule has 0 atom stereocenters. The number of thiazole rings is 1. The maximum atomic E-state index is 13.3. The molecule has 2 aromatic heterocycles. The summed E-state index contributed by atoms with van der Waals surface area (Å²) in [7, 11) is 1.62. The molecular weight excluding hydrogens is 394 g/mol. The molecule has 4 rings (SSSR count). The van der Waals surface area contributed by atoms with Crippen LogP contribution in [0.2, 0.25) is 5.02 Å². The maximum absolute atomic E-state index is 13.3. The zero-order valence-electron chi connectivity index (χ0n) is 15.0. The fourth-order valence-electron chi connectivity index (χ4n) is 2.79. The van der Waals surface area contributed by atoms with Crippen molar-refractivity contribution >= 4 is 44.2 Å². The highest BCUT2D eigenvalue weighted by Crippen LogP contribution is 2.32. The van der Waals surface area contributed by atoms with Crippen LogP contribution in [-0.4, -0.2) is 23.0 Å². The topological polar surface area (TPSA) is 55.3 Å². The van der Waals surface area contributed by atoms with Crippen molar-refractivity contribution in [1.82, 2.24) is 9.97 Å². The number of halogens is 1. The summed E-state index contributed by atoms with van der Waals surface area (Å²) < 4.78 is 6.25. The lowest BCUT2D eigenvalue weighted by Crippen LogP contribution is -2.30. The van der Waals surface area contributed by atoms with Crippen LogP contribution in [0.1, 0.15) is 16.1 Å². The van der Waals surface area contributed by atoms with Crippen molar-refractivity contribution in [1.29, 1.82) is 0 Å². The highest BCUT2D eigenvalue weighted by Gasteiger charge is 2.22. The van der Waals surface area contributed by atoms with Crippen molar-refractivity contribution in [3.8, 4) is 5.75 Å². The monoisotopic (exact) mass is 409 g/mol. The minimum absolute atomic E-state index is 0.181. The van der Waals surface area contributed by atoms with Gasteiger partial charge in [0.15, 0.2) is 5.13 Å². The molecule has 0 saturated heterocycles. The fraction of sp³-hybridized carbons (Fsp3) is 0.0952. The van der Waals surface area contributed by atoms with Gasteiger partial charge in [-0.05, 0) is 42.5 Å². The molecule has 0 aliphatic carbocycles. The van der Waals surface area contributed by atoms with Gasteiger partial charge in [0.2, 0.25) is 0 Å². The summed E-state index contributed by atoms with van der Waals surface area (Å²) in [6.45, 7) is 0.309. The molecular formula is C21H16ClN3O2S. The molecule has 0 radical (unpaired) electrons. The number of nitrogens with zero attached hydrogens (tertiary/aromatic N) is 3. The predicted molar refractivity (Wildman–Crippen MR) is 112 cm³/mol. The van der Waals surface area contributed by atoms with E-state index < -0.39 is 0 Å². The first-order valence-corrected chi connectivity index (χ1v) is 9.75. The summed E-state index contributed by atoms with van der Waals surface area (Å²) in [5.41, 5.74) is 2.05. The Bertz CT molecular complexity index is 1130. The van der Waals surface area contributed by atoms with Crippen molar-refractivity contribution in [3.63, 3.8) is 0 Å². The lowest BCUT2D eigenvalue weighted by molar-refractivity contribution is 0.0985. The van der Waals surface area contributed by atoms with Gasteiger partial charge in [0.25, 0.3) is 5.91 Å². The first-order valence-electron chi connectivity index (χ1n) is 8.56. The van der Waals surface area contributed by atoms with E-state index in [1.54, 1.807) is 42.5 Å². The van der Waals surface area contributed by atoms with Crippen molar-refractivity contribution < 1.29 is 9.53 Å². The van der Waals surface area contributed by atoms with Crippen molar-refractivity contribution in [2.45, 2.75) is 6.54 Å². The highest BCUT2D eigenvalue weighted by molar-refractivity contribution is 7.22. The van der Waals surface area contributed by atoms with E-state index in [-0.39, 0.29) is 5.91 Å². The summed E-state index contributed by atoms with van der Waals surface area (Å²) >= 11 is 7.54. The smallest absolute Gasteiger partial charge is 0.260 e. The van der Waals surface area contributed by atoms with Gasteiger partial charge < -0.3 is 4.74 Å². The molecule has 0 spiro atoms. The van der Waals surface area contributed by atoms with Gasteiger partial charge in [-0.15, -0.1) is 0 Å². The minimum Gasteiger partial charge on any atom is -0.497 e. The van der Waals surface area contributed by atoms with Gasteiger partial charge in [-0.1, -0.05) is 35.1 Å². The third-order valence-electron chi connectivity index (χ3n) is 4.18. The summed E-state index contributed by atoms with van der Waals surface area (Å²) in [5.74, 6) is 0.543. The molecule has 0 aliphatic rings. The number of rotatable bonds is 5. The summed E-state index contributed by atoms with van der Waals surface area (Å²) in [4.78, 5) is 23.9. The number of benzene rings is 2. The average Bonchev–Trinajstić information content (AvgIpc) is 3.15. The normalized spacial score (nSPS) is 10.8. The van der Waals surface area contributed by atoms with Crippen LogP contribution >= 0.6 is 22.9 Å².